The van der Waals surface area contributed by atoms with Crippen LogP contribution in [0, 0.1) is 6.92 Å². The SMILES string of the molecule is CCOc1ccc(CN(C(=O)c2ccc3nc(N)c(C)cc3c2)[C@H](C)c2ncccn2)nn1. The Hall–Kier alpha value is -4.14. The van der Waals surface area contributed by atoms with Crippen LogP contribution in [0.15, 0.2) is 54.9 Å². The van der Waals surface area contributed by atoms with Gasteiger partial charge < -0.3 is 15.4 Å². The normalized spacial score (nSPS) is 11.8. The van der Waals surface area contributed by atoms with Crippen LogP contribution in [0.5, 0.6) is 5.88 Å². The second-order valence-corrected chi connectivity index (χ2v) is 7.61. The Morgan fingerprint density at radius 3 is 2.61 bits per heavy atom. The van der Waals surface area contributed by atoms with Crippen LogP contribution in [0.4, 0.5) is 5.82 Å². The molecule has 0 unspecified atom stereocenters. The van der Waals surface area contributed by atoms with Gasteiger partial charge in [0.05, 0.1) is 30.4 Å². The second-order valence-electron chi connectivity index (χ2n) is 7.61. The van der Waals surface area contributed by atoms with Gasteiger partial charge in [-0.25, -0.2) is 15.0 Å². The zero-order chi connectivity index (χ0) is 23.4. The van der Waals surface area contributed by atoms with Gasteiger partial charge in [-0.1, -0.05) is 0 Å². The second kappa shape index (κ2) is 9.56. The molecule has 0 saturated heterocycles. The van der Waals surface area contributed by atoms with Gasteiger partial charge in [-0.15, -0.1) is 5.10 Å². The van der Waals surface area contributed by atoms with Gasteiger partial charge in [0, 0.05) is 29.4 Å². The monoisotopic (exact) mass is 443 g/mol. The van der Waals surface area contributed by atoms with Crippen molar-refractivity contribution >= 4 is 22.6 Å². The van der Waals surface area contributed by atoms with E-state index in [9.17, 15) is 4.79 Å². The van der Waals surface area contributed by atoms with Crippen LogP contribution in [0.1, 0.15) is 47.3 Å². The number of rotatable bonds is 7. The molecular formula is C24H25N7O2. The topological polar surface area (TPSA) is 120 Å². The van der Waals surface area contributed by atoms with Gasteiger partial charge in [0.15, 0.2) is 0 Å². The number of nitrogens with zero attached hydrogens (tertiary/aromatic N) is 6. The van der Waals surface area contributed by atoms with Crippen molar-refractivity contribution in [1.82, 2.24) is 30.0 Å². The van der Waals surface area contributed by atoms with Gasteiger partial charge in [0.1, 0.15) is 11.6 Å². The fraction of sp³-hybridized carbons (Fsp3) is 0.250. The van der Waals surface area contributed by atoms with Crippen LogP contribution < -0.4 is 10.5 Å². The Kier molecular flexibility index (Phi) is 6.39. The molecule has 4 rings (SSSR count). The number of hydrogen-bond acceptors (Lipinski definition) is 8. The first-order chi connectivity index (χ1) is 16.0. The molecule has 1 aromatic carbocycles. The molecule has 0 radical (unpaired) electrons. The number of amides is 1. The number of nitrogen functional groups attached to an aromatic ring is 1. The lowest BCUT2D eigenvalue weighted by Crippen LogP contribution is -2.34. The van der Waals surface area contributed by atoms with E-state index >= 15 is 0 Å². The zero-order valence-corrected chi connectivity index (χ0v) is 18.8. The van der Waals surface area contributed by atoms with Crippen LogP contribution in [0.3, 0.4) is 0 Å². The molecule has 1 atom stereocenters. The molecule has 33 heavy (non-hydrogen) atoms. The summed E-state index contributed by atoms with van der Waals surface area (Å²) < 4.78 is 5.37. The van der Waals surface area contributed by atoms with E-state index in [1.165, 1.54) is 0 Å². The summed E-state index contributed by atoms with van der Waals surface area (Å²) in [4.78, 5) is 28.4. The van der Waals surface area contributed by atoms with Gasteiger partial charge >= 0.3 is 0 Å². The molecule has 0 spiro atoms. The molecular weight excluding hydrogens is 418 g/mol. The van der Waals surface area contributed by atoms with E-state index in [0.717, 1.165) is 16.5 Å². The van der Waals surface area contributed by atoms with Gasteiger partial charge in [0.25, 0.3) is 5.91 Å². The molecule has 0 saturated carbocycles. The number of hydrogen-bond donors (Lipinski definition) is 1. The summed E-state index contributed by atoms with van der Waals surface area (Å²) in [6.07, 6.45) is 3.32. The third-order valence-corrected chi connectivity index (χ3v) is 5.30. The minimum atomic E-state index is -0.394. The summed E-state index contributed by atoms with van der Waals surface area (Å²) >= 11 is 0. The highest BCUT2D eigenvalue weighted by molar-refractivity contribution is 5.98. The Morgan fingerprint density at radius 1 is 1.12 bits per heavy atom. The molecule has 2 N–H and O–H groups in total. The van der Waals surface area contributed by atoms with Crippen molar-refractivity contribution in [3.05, 3.63) is 77.5 Å². The average molecular weight is 444 g/mol. The lowest BCUT2D eigenvalue weighted by molar-refractivity contribution is 0.0663. The Balaban J connectivity index is 1.69. The Morgan fingerprint density at radius 2 is 1.91 bits per heavy atom. The summed E-state index contributed by atoms with van der Waals surface area (Å²) in [5, 5.41) is 9.15. The van der Waals surface area contributed by atoms with E-state index in [2.05, 4.69) is 25.1 Å². The highest BCUT2D eigenvalue weighted by Crippen LogP contribution is 2.25. The van der Waals surface area contributed by atoms with Crippen molar-refractivity contribution in [2.24, 2.45) is 0 Å². The number of carbonyl (C=O) groups excluding carboxylic acids is 1. The van der Waals surface area contributed by atoms with Crippen LogP contribution >= 0.6 is 0 Å². The molecule has 0 aliphatic carbocycles. The number of anilines is 1. The van der Waals surface area contributed by atoms with Gasteiger partial charge in [-0.2, -0.15) is 5.10 Å². The quantitative estimate of drug-likeness (QED) is 0.461. The van der Waals surface area contributed by atoms with Crippen LogP contribution in [-0.4, -0.2) is 42.6 Å². The molecule has 1 amide bonds. The van der Waals surface area contributed by atoms with Crippen LogP contribution in [-0.2, 0) is 6.54 Å². The minimum Gasteiger partial charge on any atom is -0.477 e. The van der Waals surface area contributed by atoms with Crippen molar-refractivity contribution < 1.29 is 9.53 Å². The van der Waals surface area contributed by atoms with Crippen LogP contribution in [0.2, 0.25) is 0 Å². The maximum atomic E-state index is 13.7. The molecule has 168 valence electrons. The number of aromatic nitrogens is 5. The predicted octanol–water partition coefficient (Wildman–Crippen LogP) is 3.51. The number of nitrogens with two attached hydrogens (primary N) is 1. The van der Waals surface area contributed by atoms with Crippen molar-refractivity contribution in [1.29, 1.82) is 0 Å². The van der Waals surface area contributed by atoms with Gasteiger partial charge in [-0.05, 0) is 62.7 Å². The largest absolute Gasteiger partial charge is 0.477 e. The lowest BCUT2D eigenvalue weighted by atomic mass is 10.1. The summed E-state index contributed by atoms with van der Waals surface area (Å²) in [7, 11) is 0. The van der Waals surface area contributed by atoms with E-state index in [4.69, 9.17) is 10.5 Å². The van der Waals surface area contributed by atoms with Crippen molar-refractivity contribution in [3.63, 3.8) is 0 Å². The maximum Gasteiger partial charge on any atom is 0.254 e. The first kappa shape index (κ1) is 22.1. The number of fused-ring (bicyclic) bond motifs is 1. The number of aryl methyl sites for hydroxylation is 1. The third-order valence-electron chi connectivity index (χ3n) is 5.30. The minimum absolute atomic E-state index is 0.179. The molecule has 3 aromatic heterocycles. The predicted molar refractivity (Wildman–Crippen MR) is 124 cm³/mol. The molecule has 0 aliphatic rings. The molecule has 4 aromatic rings. The fourth-order valence-electron chi connectivity index (χ4n) is 3.48. The standard InChI is InChI=1S/C24H25N7O2/c1-4-33-21-9-7-19(29-30-21)14-31(16(3)23-26-10-5-11-27-23)24(32)17-6-8-20-18(13-17)12-15(2)22(25)28-20/h5-13,16H,4,14H2,1-3H3,(H2,25,28)/t16-/m1/s1. The van der Waals surface area contributed by atoms with Gasteiger partial charge in [0.2, 0.25) is 5.88 Å². The Bertz CT molecular complexity index is 1260. The maximum absolute atomic E-state index is 13.7. The average Bonchev–Trinajstić information content (AvgIpc) is 2.84. The lowest BCUT2D eigenvalue weighted by Gasteiger charge is -2.28. The molecule has 3 heterocycles. The van der Waals surface area contributed by atoms with Crippen molar-refractivity contribution in [3.8, 4) is 5.88 Å². The fourth-order valence-corrected chi connectivity index (χ4v) is 3.48. The van der Waals surface area contributed by atoms with E-state index in [0.29, 0.717) is 35.4 Å². The number of ether oxygens (including phenoxy) is 1. The summed E-state index contributed by atoms with van der Waals surface area (Å²) in [5.74, 6) is 1.28. The van der Waals surface area contributed by atoms with Crippen molar-refractivity contribution in [2.45, 2.75) is 33.4 Å². The molecule has 0 aliphatic heterocycles. The van der Waals surface area contributed by atoms with E-state index in [-0.39, 0.29) is 12.5 Å². The number of benzene rings is 1. The molecule has 0 fully saturated rings. The first-order valence-electron chi connectivity index (χ1n) is 10.7. The number of carbonyl (C=O) groups is 1. The number of pyridine rings is 1. The highest BCUT2D eigenvalue weighted by atomic mass is 16.5. The smallest absolute Gasteiger partial charge is 0.254 e. The Labute approximate surface area is 191 Å². The summed E-state index contributed by atoms with van der Waals surface area (Å²) in [6, 6.07) is 12.2. The molecule has 0 bridgehead atoms. The van der Waals surface area contributed by atoms with E-state index in [1.807, 2.05) is 32.9 Å². The van der Waals surface area contributed by atoms with E-state index in [1.54, 1.807) is 47.6 Å². The zero-order valence-electron chi connectivity index (χ0n) is 18.8. The van der Waals surface area contributed by atoms with E-state index < -0.39 is 6.04 Å². The summed E-state index contributed by atoms with van der Waals surface area (Å²) in [6.45, 7) is 6.40. The molecule has 9 nitrogen and oxygen atoms in total. The first-order valence-corrected chi connectivity index (χ1v) is 10.7. The summed E-state index contributed by atoms with van der Waals surface area (Å²) in [5.41, 5.74) is 8.67. The van der Waals surface area contributed by atoms with Gasteiger partial charge in [-0.3, -0.25) is 4.79 Å². The highest BCUT2D eigenvalue weighted by Gasteiger charge is 2.26. The molecule has 9 heteroatoms. The van der Waals surface area contributed by atoms with Crippen molar-refractivity contribution in [2.75, 3.05) is 12.3 Å². The third kappa shape index (κ3) is 4.87. The van der Waals surface area contributed by atoms with Crippen LogP contribution in [0.25, 0.3) is 10.9 Å².